The lowest BCUT2D eigenvalue weighted by atomic mass is 9.99. The number of fused-ring (bicyclic) bond motifs is 2. The van der Waals surface area contributed by atoms with Gasteiger partial charge < -0.3 is 4.90 Å². The second-order valence-electron chi connectivity index (χ2n) is 7.68. The maximum absolute atomic E-state index is 12.9. The first kappa shape index (κ1) is 18.8. The summed E-state index contributed by atoms with van der Waals surface area (Å²) in [6, 6.07) is 9.01. The van der Waals surface area contributed by atoms with Crippen LogP contribution in [0.2, 0.25) is 0 Å². The van der Waals surface area contributed by atoms with Crippen molar-refractivity contribution in [3.8, 4) is 17.3 Å². The topological polar surface area (TPSA) is 103 Å². The lowest BCUT2D eigenvalue weighted by Gasteiger charge is -2.29. The second-order valence-corrected chi connectivity index (χ2v) is 8.78. The molecule has 3 amide bonds. The van der Waals surface area contributed by atoms with Gasteiger partial charge in [-0.2, -0.15) is 17.0 Å². The molecule has 1 atom stereocenters. The fraction of sp³-hybridized carbons (Fsp3) is 0.318. The number of rotatable bonds is 2. The molecule has 0 radical (unpaired) electrons. The van der Waals surface area contributed by atoms with Gasteiger partial charge in [0.25, 0.3) is 5.91 Å². The van der Waals surface area contributed by atoms with E-state index < -0.39 is 11.9 Å². The van der Waals surface area contributed by atoms with Gasteiger partial charge in [0.2, 0.25) is 11.8 Å². The van der Waals surface area contributed by atoms with Crippen LogP contribution < -0.4 is 5.32 Å². The Hall–Kier alpha value is -3.18. The number of nitrogens with one attached hydrogen (secondary N) is 1. The van der Waals surface area contributed by atoms with Gasteiger partial charge in [-0.1, -0.05) is 6.07 Å². The molecule has 4 heterocycles. The maximum atomic E-state index is 12.9. The molecule has 1 aromatic heterocycles. The van der Waals surface area contributed by atoms with Crippen LogP contribution in [-0.4, -0.2) is 39.4 Å². The molecule has 0 bridgehead atoms. The molecule has 1 fully saturated rings. The number of nitriles is 1. The Morgan fingerprint density at radius 2 is 2.03 bits per heavy atom. The molecular weight excluding hydrogens is 400 g/mol. The van der Waals surface area contributed by atoms with E-state index in [9.17, 15) is 19.6 Å². The minimum absolute atomic E-state index is 0.206. The van der Waals surface area contributed by atoms with Crippen molar-refractivity contribution in [2.45, 2.75) is 37.6 Å². The molecule has 0 spiro atoms. The van der Waals surface area contributed by atoms with Gasteiger partial charge in [0, 0.05) is 35.5 Å². The largest absolute Gasteiger partial charge is 0.322 e. The molecule has 1 N–H and O–H groups in total. The van der Waals surface area contributed by atoms with Gasteiger partial charge in [0.15, 0.2) is 0 Å². The van der Waals surface area contributed by atoms with E-state index in [1.165, 1.54) is 4.90 Å². The summed E-state index contributed by atoms with van der Waals surface area (Å²) in [6.45, 7) is 0.303. The van der Waals surface area contributed by atoms with Gasteiger partial charge >= 0.3 is 0 Å². The predicted molar refractivity (Wildman–Crippen MR) is 110 cm³/mol. The van der Waals surface area contributed by atoms with E-state index in [1.54, 1.807) is 6.07 Å². The van der Waals surface area contributed by atoms with Crippen molar-refractivity contribution in [3.05, 3.63) is 52.2 Å². The van der Waals surface area contributed by atoms with Crippen molar-refractivity contribution in [2.75, 3.05) is 5.75 Å². The Bertz CT molecular complexity index is 1150. The monoisotopic (exact) mass is 418 g/mol. The molecule has 8 heteroatoms. The molecule has 3 aliphatic rings. The van der Waals surface area contributed by atoms with E-state index >= 15 is 0 Å². The Kier molecular flexibility index (Phi) is 4.55. The van der Waals surface area contributed by atoms with E-state index in [4.69, 9.17) is 4.98 Å². The van der Waals surface area contributed by atoms with Crippen molar-refractivity contribution in [2.24, 2.45) is 0 Å². The van der Waals surface area contributed by atoms with E-state index in [-0.39, 0.29) is 18.2 Å². The van der Waals surface area contributed by atoms with Gasteiger partial charge in [-0.25, -0.2) is 0 Å². The van der Waals surface area contributed by atoms with Gasteiger partial charge in [0.1, 0.15) is 12.1 Å². The third kappa shape index (κ3) is 3.06. The van der Waals surface area contributed by atoms with Crippen LogP contribution in [0.1, 0.15) is 45.6 Å². The molecule has 1 aromatic carbocycles. The van der Waals surface area contributed by atoms with Gasteiger partial charge in [-0.3, -0.25) is 24.7 Å². The number of hydrogen-bond acceptors (Lipinski definition) is 6. The molecule has 2 aromatic rings. The summed E-state index contributed by atoms with van der Waals surface area (Å²) in [5.41, 5.74) is 5.47. The van der Waals surface area contributed by atoms with Crippen LogP contribution in [0.3, 0.4) is 0 Å². The fourth-order valence-corrected chi connectivity index (χ4v) is 5.26. The number of piperidine rings is 1. The van der Waals surface area contributed by atoms with Gasteiger partial charge in [0.05, 0.1) is 11.3 Å². The number of imide groups is 1. The van der Waals surface area contributed by atoms with Crippen molar-refractivity contribution < 1.29 is 14.4 Å². The first-order valence-corrected chi connectivity index (χ1v) is 11.0. The summed E-state index contributed by atoms with van der Waals surface area (Å²) in [6.07, 6.45) is 1.44. The first-order valence-electron chi connectivity index (χ1n) is 9.84. The minimum atomic E-state index is -0.639. The summed E-state index contributed by atoms with van der Waals surface area (Å²) < 4.78 is 0. The highest BCUT2D eigenvalue weighted by Gasteiger charge is 2.39. The van der Waals surface area contributed by atoms with Crippen LogP contribution in [0, 0.1) is 11.3 Å². The molecule has 0 saturated carbocycles. The van der Waals surface area contributed by atoms with Crippen LogP contribution in [0.15, 0.2) is 24.3 Å². The number of carbonyl (C=O) groups is 3. The normalized spacial score (nSPS) is 20.4. The number of pyridine rings is 1. The molecule has 1 unspecified atom stereocenters. The molecule has 0 aliphatic carbocycles. The van der Waals surface area contributed by atoms with Crippen molar-refractivity contribution in [3.63, 3.8) is 0 Å². The van der Waals surface area contributed by atoms with Gasteiger partial charge in [-0.15, -0.1) is 0 Å². The third-order valence-electron chi connectivity index (χ3n) is 5.85. The summed E-state index contributed by atoms with van der Waals surface area (Å²) in [5, 5.41) is 12.0. The predicted octanol–water partition coefficient (Wildman–Crippen LogP) is 2.17. The third-order valence-corrected chi connectivity index (χ3v) is 6.86. The fourth-order valence-electron chi connectivity index (χ4n) is 4.31. The second kappa shape index (κ2) is 7.26. The highest BCUT2D eigenvalue weighted by atomic mass is 32.2. The molecule has 5 rings (SSSR count). The van der Waals surface area contributed by atoms with Crippen LogP contribution in [-0.2, 0) is 28.3 Å². The van der Waals surface area contributed by atoms with Crippen molar-refractivity contribution >= 4 is 29.5 Å². The lowest BCUT2D eigenvalue weighted by molar-refractivity contribution is -0.136. The number of amides is 3. The molecule has 7 nitrogen and oxygen atoms in total. The van der Waals surface area contributed by atoms with E-state index in [1.807, 2.05) is 30.0 Å². The Morgan fingerprint density at radius 3 is 2.83 bits per heavy atom. The van der Waals surface area contributed by atoms with Gasteiger partial charge in [-0.05, 0) is 47.9 Å². The van der Waals surface area contributed by atoms with E-state index in [2.05, 4.69) is 11.4 Å². The number of benzene rings is 1. The molecule has 1 saturated heterocycles. The molecular formula is C22H18N4O3S. The zero-order valence-corrected chi connectivity index (χ0v) is 16.9. The number of aryl methyl sites for hydroxylation is 1. The Balaban J connectivity index is 1.49. The van der Waals surface area contributed by atoms with Crippen LogP contribution in [0.5, 0.6) is 0 Å². The summed E-state index contributed by atoms with van der Waals surface area (Å²) in [7, 11) is 0. The summed E-state index contributed by atoms with van der Waals surface area (Å²) in [4.78, 5) is 42.8. The highest BCUT2D eigenvalue weighted by Crippen LogP contribution is 2.33. The summed E-state index contributed by atoms with van der Waals surface area (Å²) in [5.74, 6) is 0.959. The van der Waals surface area contributed by atoms with Crippen molar-refractivity contribution in [1.82, 2.24) is 15.2 Å². The van der Waals surface area contributed by atoms with Crippen LogP contribution >= 0.6 is 11.8 Å². The standard InChI is InChI=1S/C22H18N4O3S/c23-9-13-8-15-11-30-6-5-17(15)24-20(13)12-1-2-16-14(7-12)10-26(22(16)29)18-3-4-19(27)25-21(18)28/h1-2,7-8,18H,3-6,10-11H2,(H,25,27,28). The SMILES string of the molecule is N#Cc1cc2c(nc1-c1ccc3c(c1)CN(C1CCC(=O)NC1=O)C3=O)CCSC2. The number of carbonyl (C=O) groups excluding carboxylic acids is 3. The average Bonchev–Trinajstić information content (AvgIpc) is 3.08. The highest BCUT2D eigenvalue weighted by molar-refractivity contribution is 7.98. The Morgan fingerprint density at radius 1 is 1.17 bits per heavy atom. The average molecular weight is 418 g/mol. The zero-order chi connectivity index (χ0) is 20.8. The minimum Gasteiger partial charge on any atom is -0.322 e. The number of hydrogen-bond donors (Lipinski definition) is 1. The van der Waals surface area contributed by atoms with Crippen molar-refractivity contribution in [1.29, 1.82) is 5.26 Å². The Labute approximate surface area is 177 Å². The molecule has 3 aliphatic heterocycles. The number of thioether (sulfide) groups is 1. The van der Waals surface area contributed by atoms with Crippen LogP contribution in [0.4, 0.5) is 0 Å². The van der Waals surface area contributed by atoms with E-state index in [0.717, 1.165) is 40.3 Å². The summed E-state index contributed by atoms with van der Waals surface area (Å²) >= 11 is 1.84. The lowest BCUT2D eigenvalue weighted by Crippen LogP contribution is -2.52. The zero-order valence-electron chi connectivity index (χ0n) is 16.1. The number of aromatic nitrogens is 1. The quantitative estimate of drug-likeness (QED) is 0.750. The smallest absolute Gasteiger partial charge is 0.255 e. The molecule has 30 heavy (non-hydrogen) atoms. The van der Waals surface area contributed by atoms with E-state index in [0.29, 0.717) is 29.8 Å². The number of nitrogens with zero attached hydrogens (tertiary/aromatic N) is 3. The maximum Gasteiger partial charge on any atom is 0.255 e. The molecule has 150 valence electrons. The van der Waals surface area contributed by atoms with Crippen LogP contribution in [0.25, 0.3) is 11.3 Å². The first-order chi connectivity index (χ1) is 14.5.